The van der Waals surface area contributed by atoms with Crippen molar-refractivity contribution in [2.24, 2.45) is 0 Å². The third-order valence-corrected chi connectivity index (χ3v) is 4.24. The Morgan fingerprint density at radius 2 is 2.35 bits per heavy atom. The van der Waals surface area contributed by atoms with Gasteiger partial charge in [-0.25, -0.2) is 0 Å². The summed E-state index contributed by atoms with van der Waals surface area (Å²) in [5.41, 5.74) is 0. The molecule has 0 radical (unpaired) electrons. The van der Waals surface area contributed by atoms with E-state index < -0.39 is 0 Å². The van der Waals surface area contributed by atoms with E-state index in [4.69, 9.17) is 4.42 Å². The maximum atomic E-state index is 11.6. The summed E-state index contributed by atoms with van der Waals surface area (Å²) in [5.74, 6) is 0.888. The van der Waals surface area contributed by atoms with Crippen molar-refractivity contribution in [1.29, 1.82) is 0 Å². The van der Waals surface area contributed by atoms with Crippen molar-refractivity contribution >= 4 is 33.2 Å². The Morgan fingerprint density at radius 3 is 3.00 bits per heavy atom. The number of aryl methyl sites for hydroxylation is 1. The van der Waals surface area contributed by atoms with Gasteiger partial charge in [0, 0.05) is 22.2 Å². The number of carbonyl (C=O) groups excluding carboxylic acids is 1. The van der Waals surface area contributed by atoms with Crippen molar-refractivity contribution in [3.8, 4) is 0 Å². The molecule has 1 N–H and O–H groups in total. The first kappa shape index (κ1) is 12.4. The first-order valence-corrected chi connectivity index (χ1v) is 6.94. The van der Waals surface area contributed by atoms with Gasteiger partial charge in [-0.3, -0.25) is 4.79 Å². The number of nitrogens with one attached hydrogen (secondary N) is 1. The standard InChI is InChI=1S/C12H12BrNO2S/c13-10-5-7-17-11(10)8-14-12(15)4-3-9-2-1-6-16-9/h1-2,5-7H,3-4,8H2,(H,14,15). The first-order valence-electron chi connectivity index (χ1n) is 5.26. The molecule has 17 heavy (non-hydrogen) atoms. The van der Waals surface area contributed by atoms with Crippen LogP contribution in [0.5, 0.6) is 0 Å². The minimum Gasteiger partial charge on any atom is -0.469 e. The summed E-state index contributed by atoms with van der Waals surface area (Å²) >= 11 is 5.06. The number of rotatable bonds is 5. The number of halogens is 1. The molecule has 0 atom stereocenters. The highest BCUT2D eigenvalue weighted by Crippen LogP contribution is 2.22. The van der Waals surface area contributed by atoms with Gasteiger partial charge in [-0.1, -0.05) is 0 Å². The Bertz CT molecular complexity index is 478. The van der Waals surface area contributed by atoms with Crippen LogP contribution in [-0.2, 0) is 17.8 Å². The van der Waals surface area contributed by atoms with Crippen LogP contribution in [0.15, 0.2) is 38.7 Å². The predicted octanol–water partition coefficient (Wildman–Crippen LogP) is 3.35. The molecule has 0 aliphatic rings. The second kappa shape index (κ2) is 6.02. The Labute approximate surface area is 112 Å². The van der Waals surface area contributed by atoms with Gasteiger partial charge < -0.3 is 9.73 Å². The van der Waals surface area contributed by atoms with Crippen LogP contribution in [0.1, 0.15) is 17.1 Å². The van der Waals surface area contributed by atoms with E-state index in [1.54, 1.807) is 17.6 Å². The molecule has 5 heteroatoms. The van der Waals surface area contributed by atoms with Crippen LogP contribution in [0, 0.1) is 0 Å². The zero-order valence-corrected chi connectivity index (χ0v) is 11.5. The van der Waals surface area contributed by atoms with Crippen LogP contribution in [-0.4, -0.2) is 5.91 Å². The summed E-state index contributed by atoms with van der Waals surface area (Å²) in [6.07, 6.45) is 2.72. The van der Waals surface area contributed by atoms with Crippen LogP contribution in [0.3, 0.4) is 0 Å². The highest BCUT2D eigenvalue weighted by molar-refractivity contribution is 9.10. The van der Waals surface area contributed by atoms with Crippen molar-refractivity contribution in [2.75, 3.05) is 0 Å². The second-order valence-corrected chi connectivity index (χ2v) is 5.40. The van der Waals surface area contributed by atoms with Crippen LogP contribution in [0.2, 0.25) is 0 Å². The topological polar surface area (TPSA) is 42.2 Å². The molecule has 0 saturated heterocycles. The van der Waals surface area contributed by atoms with Gasteiger partial charge >= 0.3 is 0 Å². The highest BCUT2D eigenvalue weighted by Gasteiger charge is 2.06. The summed E-state index contributed by atoms with van der Waals surface area (Å²) in [6.45, 7) is 0.579. The van der Waals surface area contributed by atoms with Crippen LogP contribution in [0.25, 0.3) is 0 Å². The molecule has 0 fully saturated rings. The maximum Gasteiger partial charge on any atom is 0.220 e. The van der Waals surface area contributed by atoms with E-state index >= 15 is 0 Å². The molecule has 0 saturated carbocycles. The van der Waals surface area contributed by atoms with Gasteiger partial charge in [0.25, 0.3) is 0 Å². The van der Waals surface area contributed by atoms with E-state index in [0.29, 0.717) is 19.4 Å². The summed E-state index contributed by atoms with van der Waals surface area (Å²) in [7, 11) is 0. The summed E-state index contributed by atoms with van der Waals surface area (Å²) in [5, 5.41) is 4.88. The molecule has 0 spiro atoms. The summed E-state index contributed by atoms with van der Waals surface area (Å²) < 4.78 is 6.22. The molecule has 0 bridgehead atoms. The quantitative estimate of drug-likeness (QED) is 0.919. The largest absolute Gasteiger partial charge is 0.469 e. The molecule has 90 valence electrons. The molecule has 2 rings (SSSR count). The minimum atomic E-state index is 0.0432. The van der Waals surface area contributed by atoms with E-state index in [1.165, 1.54) is 0 Å². The molecule has 3 nitrogen and oxygen atoms in total. The molecule has 0 aliphatic carbocycles. The molecular formula is C12H12BrNO2S. The normalized spacial score (nSPS) is 10.4. The molecule has 0 aromatic carbocycles. The van der Waals surface area contributed by atoms with Crippen molar-refractivity contribution in [3.63, 3.8) is 0 Å². The lowest BCUT2D eigenvalue weighted by Gasteiger charge is -2.03. The fourth-order valence-corrected chi connectivity index (χ4v) is 2.84. The fraction of sp³-hybridized carbons (Fsp3) is 0.250. The average molecular weight is 314 g/mol. The van der Waals surface area contributed by atoms with Gasteiger partial charge in [0.15, 0.2) is 0 Å². The zero-order chi connectivity index (χ0) is 12.1. The molecule has 0 aliphatic heterocycles. The maximum absolute atomic E-state index is 11.6. The number of hydrogen-bond acceptors (Lipinski definition) is 3. The zero-order valence-electron chi connectivity index (χ0n) is 9.11. The van der Waals surface area contributed by atoms with Crippen molar-refractivity contribution < 1.29 is 9.21 Å². The minimum absolute atomic E-state index is 0.0432. The van der Waals surface area contributed by atoms with Crippen LogP contribution < -0.4 is 5.32 Å². The van der Waals surface area contributed by atoms with Gasteiger partial charge in [0.1, 0.15) is 5.76 Å². The molecule has 1 amide bonds. The third kappa shape index (κ3) is 3.71. The Kier molecular flexibility index (Phi) is 4.39. The SMILES string of the molecule is O=C(CCc1ccco1)NCc1sccc1Br. The molecule has 0 unspecified atom stereocenters. The van der Waals surface area contributed by atoms with Gasteiger partial charge in [-0.05, 0) is 39.5 Å². The molecule has 2 aromatic heterocycles. The molecule has 2 heterocycles. The van der Waals surface area contributed by atoms with Gasteiger partial charge in [-0.15, -0.1) is 11.3 Å². The summed E-state index contributed by atoms with van der Waals surface area (Å²) in [6, 6.07) is 5.69. The average Bonchev–Trinajstić information content (AvgIpc) is 2.95. The van der Waals surface area contributed by atoms with Gasteiger partial charge in [0.05, 0.1) is 12.8 Å². The number of thiophene rings is 1. The van der Waals surface area contributed by atoms with E-state index in [1.807, 2.05) is 23.6 Å². The van der Waals surface area contributed by atoms with E-state index in [2.05, 4.69) is 21.2 Å². The lowest BCUT2D eigenvalue weighted by Crippen LogP contribution is -2.22. The van der Waals surface area contributed by atoms with Crippen molar-refractivity contribution in [3.05, 3.63) is 45.0 Å². The van der Waals surface area contributed by atoms with Crippen molar-refractivity contribution in [2.45, 2.75) is 19.4 Å². The van der Waals surface area contributed by atoms with Crippen LogP contribution in [0.4, 0.5) is 0 Å². The number of carbonyl (C=O) groups is 1. The van der Waals surface area contributed by atoms with E-state index in [0.717, 1.165) is 15.1 Å². The Balaban J connectivity index is 1.73. The first-order chi connectivity index (χ1) is 8.25. The highest BCUT2D eigenvalue weighted by atomic mass is 79.9. The lowest BCUT2D eigenvalue weighted by molar-refractivity contribution is -0.121. The molecule has 2 aromatic rings. The fourth-order valence-electron chi connectivity index (χ4n) is 1.41. The van der Waals surface area contributed by atoms with E-state index in [9.17, 15) is 4.79 Å². The predicted molar refractivity (Wildman–Crippen MR) is 70.9 cm³/mol. The monoisotopic (exact) mass is 313 g/mol. The lowest BCUT2D eigenvalue weighted by atomic mass is 10.2. The Hall–Kier alpha value is -1.07. The molecular weight excluding hydrogens is 302 g/mol. The number of amides is 1. The number of hydrogen-bond donors (Lipinski definition) is 1. The van der Waals surface area contributed by atoms with Gasteiger partial charge in [-0.2, -0.15) is 0 Å². The number of furan rings is 1. The summed E-state index contributed by atoms with van der Waals surface area (Å²) in [4.78, 5) is 12.7. The Morgan fingerprint density at radius 1 is 1.47 bits per heavy atom. The van der Waals surface area contributed by atoms with Crippen molar-refractivity contribution in [1.82, 2.24) is 5.32 Å². The third-order valence-electron chi connectivity index (χ3n) is 2.32. The van der Waals surface area contributed by atoms with E-state index in [-0.39, 0.29) is 5.91 Å². The van der Waals surface area contributed by atoms with Gasteiger partial charge in [0.2, 0.25) is 5.91 Å². The smallest absolute Gasteiger partial charge is 0.220 e. The second-order valence-electron chi connectivity index (χ2n) is 3.55. The van der Waals surface area contributed by atoms with Crippen LogP contribution >= 0.6 is 27.3 Å².